The van der Waals surface area contributed by atoms with Gasteiger partial charge in [0.15, 0.2) is 18.0 Å². The second-order valence-electron chi connectivity index (χ2n) is 8.88. The van der Waals surface area contributed by atoms with E-state index in [2.05, 4.69) is 4.74 Å². The van der Waals surface area contributed by atoms with Gasteiger partial charge in [0.1, 0.15) is 11.7 Å². The van der Waals surface area contributed by atoms with E-state index in [1.165, 1.54) is 13.2 Å². The summed E-state index contributed by atoms with van der Waals surface area (Å²) in [6, 6.07) is 0. The molecule has 0 amide bonds. The number of rotatable bonds is 15. The van der Waals surface area contributed by atoms with Crippen LogP contribution in [0.3, 0.4) is 0 Å². The minimum atomic E-state index is -1.90. The van der Waals surface area contributed by atoms with E-state index in [0.29, 0.717) is 6.42 Å². The summed E-state index contributed by atoms with van der Waals surface area (Å²) in [6.07, 6.45) is 5.79. The van der Waals surface area contributed by atoms with Crippen molar-refractivity contribution in [2.45, 2.75) is 90.1 Å². The zero-order valence-corrected chi connectivity index (χ0v) is 23.2. The lowest BCUT2D eigenvalue weighted by molar-refractivity contribution is -0.194. The highest BCUT2D eigenvalue weighted by molar-refractivity contribution is 6.44. The first-order valence-electron chi connectivity index (χ1n) is 12.4. The van der Waals surface area contributed by atoms with Gasteiger partial charge in [-0.1, -0.05) is 42.8 Å². The fourth-order valence-corrected chi connectivity index (χ4v) is 4.51. The van der Waals surface area contributed by atoms with E-state index in [9.17, 15) is 29.1 Å². The van der Waals surface area contributed by atoms with Gasteiger partial charge in [0.25, 0.3) is 0 Å². The van der Waals surface area contributed by atoms with Crippen molar-refractivity contribution in [1.29, 1.82) is 0 Å². The first-order chi connectivity index (χ1) is 17.9. The minimum absolute atomic E-state index is 0.00540. The van der Waals surface area contributed by atoms with Crippen LogP contribution >= 0.6 is 11.6 Å². The van der Waals surface area contributed by atoms with E-state index in [4.69, 9.17) is 25.8 Å². The Kier molecular flexibility index (Phi) is 14.0. The van der Waals surface area contributed by atoms with E-state index < -0.39 is 59.5 Å². The molecule has 5 atom stereocenters. The fraction of sp³-hybridized carbons (Fsp3) is 0.593. The molecule has 0 unspecified atom stereocenters. The quantitative estimate of drug-likeness (QED) is 0.181. The van der Waals surface area contributed by atoms with Gasteiger partial charge in [0.2, 0.25) is 0 Å². The van der Waals surface area contributed by atoms with E-state index in [1.807, 2.05) is 19.1 Å². The van der Waals surface area contributed by atoms with Crippen LogP contribution in [0.5, 0.6) is 0 Å². The largest absolute Gasteiger partial charge is 0.469 e. The van der Waals surface area contributed by atoms with Gasteiger partial charge in [-0.2, -0.15) is 0 Å². The molecule has 0 aromatic carbocycles. The van der Waals surface area contributed by atoms with Gasteiger partial charge in [-0.25, -0.2) is 0 Å². The maximum Gasteiger partial charge on any atom is 0.305 e. The van der Waals surface area contributed by atoms with Crippen LogP contribution in [0.1, 0.15) is 66.2 Å². The maximum atomic E-state index is 13.2. The molecule has 10 nitrogen and oxygen atoms in total. The van der Waals surface area contributed by atoms with Gasteiger partial charge in [-0.15, -0.1) is 0 Å². The molecule has 0 fully saturated rings. The molecule has 0 spiro atoms. The molecule has 0 bridgehead atoms. The third-order valence-electron chi connectivity index (χ3n) is 5.76. The summed E-state index contributed by atoms with van der Waals surface area (Å²) < 4.78 is 21.0. The molecule has 0 aromatic rings. The molecule has 1 rings (SSSR count). The smallest absolute Gasteiger partial charge is 0.305 e. The van der Waals surface area contributed by atoms with Crippen LogP contribution < -0.4 is 0 Å². The molecule has 0 saturated heterocycles. The van der Waals surface area contributed by atoms with Gasteiger partial charge in [0.05, 0.1) is 18.1 Å². The summed E-state index contributed by atoms with van der Waals surface area (Å²) >= 11 is 6.14. The standard InChI is InChI=1S/C27H37ClO10/c1-6-7-8-9-10-11-15-27(34)16-20(28)24(33)23(27)26(38-19(4)31)25(37-18(3)30)21(36-17(2)29)13-12-14-22(32)35-5/h7-8,10-11,16,21,23,25-26,34H,6,9,12-15H2,1-5H3/b8-7-,11-10-/t21-,23+,25+,26+,27+/m0/s1. The lowest BCUT2D eigenvalue weighted by Crippen LogP contribution is -2.55. The van der Waals surface area contributed by atoms with Gasteiger partial charge in [0, 0.05) is 27.2 Å². The van der Waals surface area contributed by atoms with Crippen LogP contribution in [0.25, 0.3) is 0 Å². The predicted molar refractivity (Wildman–Crippen MR) is 138 cm³/mol. The third-order valence-corrected chi connectivity index (χ3v) is 6.05. The van der Waals surface area contributed by atoms with Crippen molar-refractivity contribution in [3.05, 3.63) is 35.4 Å². The first kappa shape index (κ1) is 33.0. The number of aliphatic hydroxyl groups is 1. The van der Waals surface area contributed by atoms with Crippen LogP contribution in [0.15, 0.2) is 35.4 Å². The number of esters is 4. The number of ketones is 1. The fourth-order valence-electron chi connectivity index (χ4n) is 4.20. The van der Waals surface area contributed by atoms with Crippen LogP contribution in [0.4, 0.5) is 0 Å². The second kappa shape index (κ2) is 16.1. The van der Waals surface area contributed by atoms with Crippen LogP contribution in [-0.2, 0) is 42.9 Å². The Hall–Kier alpha value is -2.98. The molecule has 0 aromatic heterocycles. The van der Waals surface area contributed by atoms with Gasteiger partial charge < -0.3 is 24.1 Å². The monoisotopic (exact) mass is 556 g/mol. The molecule has 212 valence electrons. The van der Waals surface area contributed by atoms with Crippen molar-refractivity contribution >= 4 is 41.3 Å². The number of hydrogen-bond acceptors (Lipinski definition) is 10. The Morgan fingerprint density at radius 3 is 2.18 bits per heavy atom. The van der Waals surface area contributed by atoms with Crippen LogP contribution in [0.2, 0.25) is 0 Å². The molecule has 1 aliphatic carbocycles. The number of hydrogen-bond donors (Lipinski definition) is 1. The molecular weight excluding hydrogens is 520 g/mol. The zero-order valence-electron chi connectivity index (χ0n) is 22.4. The number of methoxy groups -OCH3 is 1. The average molecular weight is 557 g/mol. The topological polar surface area (TPSA) is 142 Å². The highest BCUT2D eigenvalue weighted by atomic mass is 35.5. The Morgan fingerprint density at radius 1 is 1.03 bits per heavy atom. The summed E-state index contributed by atoms with van der Waals surface area (Å²) in [5.74, 6) is -5.09. The van der Waals surface area contributed by atoms with Gasteiger partial charge in [-0.05, 0) is 38.2 Å². The Bertz CT molecular complexity index is 954. The lowest BCUT2D eigenvalue weighted by Gasteiger charge is -2.39. The van der Waals surface area contributed by atoms with Gasteiger partial charge in [-0.3, -0.25) is 24.0 Å². The van der Waals surface area contributed by atoms with Crippen molar-refractivity contribution in [2.24, 2.45) is 5.92 Å². The van der Waals surface area contributed by atoms with Crippen LogP contribution in [0, 0.1) is 5.92 Å². The lowest BCUT2D eigenvalue weighted by atomic mass is 9.79. The van der Waals surface area contributed by atoms with Crippen molar-refractivity contribution in [3.63, 3.8) is 0 Å². The number of halogens is 1. The van der Waals surface area contributed by atoms with Crippen molar-refractivity contribution in [1.82, 2.24) is 0 Å². The van der Waals surface area contributed by atoms with Crippen LogP contribution in [-0.4, -0.2) is 65.8 Å². The predicted octanol–water partition coefficient (Wildman–Crippen LogP) is 3.48. The number of ether oxygens (including phenoxy) is 4. The molecule has 0 radical (unpaired) electrons. The Balaban J connectivity index is 3.48. The SMILES string of the molecule is CC/C=C\C/C=C\C[C@@]1(O)C=C(Cl)C(=O)[C@@H]1[C@@H](OC(C)=O)[C@H](OC(C)=O)[C@H](CCCC(=O)OC)OC(C)=O. The normalized spacial score (nSPS) is 21.6. The summed E-state index contributed by atoms with van der Waals surface area (Å²) in [5, 5.41) is 11.3. The van der Waals surface area contributed by atoms with Crippen molar-refractivity contribution in [3.8, 4) is 0 Å². The van der Waals surface area contributed by atoms with E-state index in [-0.39, 0.29) is 30.7 Å². The van der Waals surface area contributed by atoms with E-state index in [0.717, 1.165) is 27.2 Å². The maximum absolute atomic E-state index is 13.2. The van der Waals surface area contributed by atoms with E-state index >= 15 is 0 Å². The molecule has 0 heterocycles. The van der Waals surface area contributed by atoms with Crippen molar-refractivity contribution in [2.75, 3.05) is 7.11 Å². The molecule has 38 heavy (non-hydrogen) atoms. The van der Waals surface area contributed by atoms with Crippen molar-refractivity contribution < 1.29 is 48.0 Å². The number of allylic oxidation sites excluding steroid dienone is 4. The molecule has 1 N–H and O–H groups in total. The molecule has 0 saturated carbocycles. The number of Topliss-reactive ketones (excluding diaryl/α,β-unsaturated/α-hetero) is 1. The Morgan fingerprint density at radius 2 is 1.63 bits per heavy atom. The minimum Gasteiger partial charge on any atom is -0.469 e. The summed E-state index contributed by atoms with van der Waals surface area (Å²) in [7, 11) is 1.22. The molecular formula is C27H37ClO10. The average Bonchev–Trinajstić information content (AvgIpc) is 3.05. The van der Waals surface area contributed by atoms with E-state index in [1.54, 1.807) is 12.2 Å². The molecule has 1 aliphatic rings. The highest BCUT2D eigenvalue weighted by Gasteiger charge is 2.56. The number of carbonyl (C=O) groups excluding carboxylic acids is 5. The zero-order chi connectivity index (χ0) is 28.9. The summed E-state index contributed by atoms with van der Waals surface area (Å²) in [4.78, 5) is 61.0. The van der Waals surface area contributed by atoms with Gasteiger partial charge >= 0.3 is 23.9 Å². The second-order valence-corrected chi connectivity index (χ2v) is 9.29. The molecule has 11 heteroatoms. The molecule has 0 aliphatic heterocycles. The first-order valence-corrected chi connectivity index (χ1v) is 12.8. The third kappa shape index (κ3) is 10.4. The summed E-state index contributed by atoms with van der Waals surface area (Å²) in [6.45, 7) is 5.31. The number of carbonyl (C=O) groups is 5. The highest BCUT2D eigenvalue weighted by Crippen LogP contribution is 2.41. The summed E-state index contributed by atoms with van der Waals surface area (Å²) in [5.41, 5.74) is -1.90. The Labute approximate surface area is 228 Å².